The SMILES string of the molecule is COC(=O)c1ccc(CN(C)C(=O)Cn2ccc(=O)c3ccccc32)cc1. The van der Waals surface area contributed by atoms with Crippen molar-refractivity contribution in [2.24, 2.45) is 0 Å². The zero-order valence-electron chi connectivity index (χ0n) is 15.2. The van der Waals surface area contributed by atoms with Crippen molar-refractivity contribution in [1.82, 2.24) is 9.47 Å². The molecular weight excluding hydrogens is 344 g/mol. The van der Waals surface area contributed by atoms with E-state index in [1.165, 1.54) is 13.2 Å². The van der Waals surface area contributed by atoms with Crippen molar-refractivity contribution in [3.05, 3.63) is 82.1 Å². The lowest BCUT2D eigenvalue weighted by Crippen LogP contribution is -2.30. The second-order valence-corrected chi connectivity index (χ2v) is 6.26. The van der Waals surface area contributed by atoms with Crippen LogP contribution in [0.1, 0.15) is 15.9 Å². The number of carbonyl (C=O) groups is 2. The molecule has 3 rings (SSSR count). The molecular formula is C21H20N2O4. The van der Waals surface area contributed by atoms with Gasteiger partial charge in [-0.05, 0) is 29.8 Å². The highest BCUT2D eigenvalue weighted by Gasteiger charge is 2.12. The maximum absolute atomic E-state index is 12.6. The number of nitrogens with zero attached hydrogens (tertiary/aromatic N) is 2. The number of methoxy groups -OCH3 is 1. The van der Waals surface area contributed by atoms with Gasteiger partial charge in [0.1, 0.15) is 6.54 Å². The molecule has 0 atom stereocenters. The summed E-state index contributed by atoms with van der Waals surface area (Å²) in [6.45, 7) is 0.552. The first kappa shape index (κ1) is 18.4. The second kappa shape index (κ2) is 7.86. The molecule has 0 saturated heterocycles. The van der Waals surface area contributed by atoms with Crippen LogP contribution in [0.4, 0.5) is 0 Å². The molecule has 1 amide bonds. The second-order valence-electron chi connectivity index (χ2n) is 6.26. The Balaban J connectivity index is 1.72. The molecule has 138 valence electrons. The zero-order chi connectivity index (χ0) is 19.4. The number of pyridine rings is 1. The highest BCUT2D eigenvalue weighted by atomic mass is 16.5. The van der Waals surface area contributed by atoms with Gasteiger partial charge in [0.25, 0.3) is 0 Å². The topological polar surface area (TPSA) is 68.6 Å². The number of esters is 1. The average Bonchev–Trinajstić information content (AvgIpc) is 2.70. The molecule has 6 heteroatoms. The van der Waals surface area contributed by atoms with Crippen LogP contribution < -0.4 is 5.43 Å². The number of carbonyl (C=O) groups excluding carboxylic acids is 2. The van der Waals surface area contributed by atoms with Crippen LogP contribution in [0.25, 0.3) is 10.9 Å². The predicted octanol–water partition coefficient (Wildman–Crippen LogP) is 2.45. The fraction of sp³-hybridized carbons (Fsp3) is 0.190. The summed E-state index contributed by atoms with van der Waals surface area (Å²) >= 11 is 0. The first-order chi connectivity index (χ1) is 13.0. The van der Waals surface area contributed by atoms with Gasteiger partial charge < -0.3 is 14.2 Å². The summed E-state index contributed by atoms with van der Waals surface area (Å²) < 4.78 is 6.45. The minimum atomic E-state index is -0.393. The molecule has 0 N–H and O–H groups in total. The number of ether oxygens (including phenoxy) is 1. The van der Waals surface area contributed by atoms with Gasteiger partial charge in [-0.2, -0.15) is 0 Å². The lowest BCUT2D eigenvalue weighted by atomic mass is 10.1. The quantitative estimate of drug-likeness (QED) is 0.652. The van der Waals surface area contributed by atoms with Crippen molar-refractivity contribution in [3.8, 4) is 0 Å². The molecule has 3 aromatic rings. The summed E-state index contributed by atoms with van der Waals surface area (Å²) in [5.74, 6) is -0.475. The number of benzene rings is 2. The number of hydrogen-bond donors (Lipinski definition) is 0. The fourth-order valence-corrected chi connectivity index (χ4v) is 2.89. The van der Waals surface area contributed by atoms with E-state index in [0.29, 0.717) is 17.5 Å². The van der Waals surface area contributed by atoms with Gasteiger partial charge in [0, 0.05) is 31.2 Å². The first-order valence-corrected chi connectivity index (χ1v) is 8.49. The van der Waals surface area contributed by atoms with Gasteiger partial charge in [-0.1, -0.05) is 24.3 Å². The molecule has 1 aromatic heterocycles. The Morgan fingerprint density at radius 2 is 1.74 bits per heavy atom. The van der Waals surface area contributed by atoms with Crippen LogP contribution in [0.5, 0.6) is 0 Å². The summed E-state index contributed by atoms with van der Waals surface area (Å²) in [5, 5.41) is 0.592. The third kappa shape index (κ3) is 4.06. The summed E-state index contributed by atoms with van der Waals surface area (Å²) in [6, 6.07) is 15.6. The number of para-hydroxylation sites is 1. The Hall–Kier alpha value is -3.41. The van der Waals surface area contributed by atoms with Crippen LogP contribution >= 0.6 is 0 Å². The maximum Gasteiger partial charge on any atom is 0.337 e. The highest BCUT2D eigenvalue weighted by molar-refractivity contribution is 5.89. The van der Waals surface area contributed by atoms with E-state index < -0.39 is 5.97 Å². The lowest BCUT2D eigenvalue weighted by Gasteiger charge is -2.19. The average molecular weight is 364 g/mol. The van der Waals surface area contributed by atoms with Crippen LogP contribution in [-0.2, 0) is 22.6 Å². The van der Waals surface area contributed by atoms with E-state index in [0.717, 1.165) is 11.1 Å². The highest BCUT2D eigenvalue weighted by Crippen LogP contribution is 2.11. The molecule has 0 saturated carbocycles. The number of amides is 1. The molecule has 0 unspecified atom stereocenters. The van der Waals surface area contributed by atoms with E-state index >= 15 is 0 Å². The fourth-order valence-electron chi connectivity index (χ4n) is 2.89. The molecule has 27 heavy (non-hydrogen) atoms. The largest absolute Gasteiger partial charge is 0.465 e. The molecule has 0 spiro atoms. The van der Waals surface area contributed by atoms with Crippen LogP contribution in [-0.4, -0.2) is 35.5 Å². The Kier molecular flexibility index (Phi) is 5.35. The molecule has 0 bridgehead atoms. The molecule has 0 aliphatic heterocycles. The minimum Gasteiger partial charge on any atom is -0.465 e. The molecule has 0 aliphatic rings. The van der Waals surface area contributed by atoms with E-state index in [2.05, 4.69) is 4.74 Å². The Bertz CT molecular complexity index is 1040. The third-order valence-electron chi connectivity index (χ3n) is 4.41. The smallest absolute Gasteiger partial charge is 0.337 e. The van der Waals surface area contributed by atoms with Gasteiger partial charge in [0.05, 0.1) is 18.2 Å². The van der Waals surface area contributed by atoms with E-state index in [-0.39, 0.29) is 17.9 Å². The van der Waals surface area contributed by atoms with Crippen LogP contribution in [0.15, 0.2) is 65.6 Å². The zero-order valence-corrected chi connectivity index (χ0v) is 15.2. The van der Waals surface area contributed by atoms with Crippen LogP contribution in [0.3, 0.4) is 0 Å². The number of fused-ring (bicyclic) bond motifs is 1. The molecule has 0 fully saturated rings. The Labute approximate surface area is 156 Å². The van der Waals surface area contributed by atoms with Gasteiger partial charge >= 0.3 is 5.97 Å². The predicted molar refractivity (Wildman–Crippen MR) is 102 cm³/mol. The Morgan fingerprint density at radius 3 is 2.44 bits per heavy atom. The Morgan fingerprint density at radius 1 is 1.04 bits per heavy atom. The molecule has 0 aliphatic carbocycles. The number of aromatic nitrogens is 1. The number of likely N-dealkylation sites (N-methyl/N-ethyl adjacent to an activating group) is 1. The van der Waals surface area contributed by atoms with Gasteiger partial charge in [-0.3, -0.25) is 9.59 Å². The number of hydrogen-bond acceptors (Lipinski definition) is 4. The van der Waals surface area contributed by atoms with Gasteiger partial charge in [0.2, 0.25) is 5.91 Å². The summed E-state index contributed by atoms with van der Waals surface area (Å²) in [6.07, 6.45) is 1.64. The van der Waals surface area contributed by atoms with E-state index in [4.69, 9.17) is 0 Å². The van der Waals surface area contributed by atoms with Gasteiger partial charge in [-0.25, -0.2) is 4.79 Å². The van der Waals surface area contributed by atoms with Crippen molar-refractivity contribution >= 4 is 22.8 Å². The summed E-state index contributed by atoms with van der Waals surface area (Å²) in [5.41, 5.74) is 2.04. The van der Waals surface area contributed by atoms with Crippen molar-refractivity contribution in [2.75, 3.05) is 14.2 Å². The van der Waals surface area contributed by atoms with E-state index in [1.807, 2.05) is 12.1 Å². The van der Waals surface area contributed by atoms with Crippen LogP contribution in [0.2, 0.25) is 0 Å². The normalized spacial score (nSPS) is 10.6. The molecule has 0 radical (unpaired) electrons. The maximum atomic E-state index is 12.6. The van der Waals surface area contributed by atoms with Gasteiger partial charge in [-0.15, -0.1) is 0 Å². The first-order valence-electron chi connectivity index (χ1n) is 8.49. The van der Waals surface area contributed by atoms with Crippen molar-refractivity contribution in [2.45, 2.75) is 13.1 Å². The minimum absolute atomic E-state index is 0.0617. The lowest BCUT2D eigenvalue weighted by molar-refractivity contribution is -0.131. The molecule has 2 aromatic carbocycles. The molecule has 6 nitrogen and oxygen atoms in total. The van der Waals surface area contributed by atoms with Crippen molar-refractivity contribution in [1.29, 1.82) is 0 Å². The monoisotopic (exact) mass is 364 g/mol. The molecule has 1 heterocycles. The van der Waals surface area contributed by atoms with Gasteiger partial charge in [0.15, 0.2) is 5.43 Å². The number of rotatable bonds is 5. The standard InChI is InChI=1S/C21H20N2O4/c1-22(13-15-7-9-16(10-8-15)21(26)27-2)20(25)14-23-12-11-19(24)17-5-3-4-6-18(17)23/h3-12H,13-14H2,1-2H3. The van der Waals surface area contributed by atoms with Crippen molar-refractivity contribution in [3.63, 3.8) is 0 Å². The van der Waals surface area contributed by atoms with E-state index in [9.17, 15) is 14.4 Å². The van der Waals surface area contributed by atoms with E-state index in [1.54, 1.807) is 59.1 Å². The van der Waals surface area contributed by atoms with Crippen molar-refractivity contribution < 1.29 is 14.3 Å². The summed E-state index contributed by atoms with van der Waals surface area (Å²) in [7, 11) is 3.06. The summed E-state index contributed by atoms with van der Waals surface area (Å²) in [4.78, 5) is 37.7. The van der Waals surface area contributed by atoms with Crippen LogP contribution in [0, 0.1) is 0 Å². The third-order valence-corrected chi connectivity index (χ3v) is 4.41.